The van der Waals surface area contributed by atoms with E-state index in [2.05, 4.69) is 15.3 Å². The molecule has 0 saturated heterocycles. The number of halogens is 1. The molecule has 102 valence electrons. The second-order valence-corrected chi connectivity index (χ2v) is 5.41. The lowest BCUT2D eigenvalue weighted by molar-refractivity contribution is 0.589. The van der Waals surface area contributed by atoms with E-state index in [9.17, 15) is 4.39 Å². The number of aromatic nitrogens is 2. The molecule has 0 fully saturated rings. The number of nitrogens with one attached hydrogen (secondary N) is 1. The Kier molecular flexibility index (Phi) is 4.44. The van der Waals surface area contributed by atoms with Gasteiger partial charge in [0.1, 0.15) is 0 Å². The van der Waals surface area contributed by atoms with Gasteiger partial charge in [-0.1, -0.05) is 0 Å². The Morgan fingerprint density at radius 2 is 2.26 bits per heavy atom. The number of anilines is 1. The maximum atomic E-state index is 14.3. The van der Waals surface area contributed by atoms with Crippen molar-refractivity contribution in [3.8, 4) is 0 Å². The molecule has 2 rings (SSSR count). The normalized spacial score (nSPS) is 10.7. The first kappa shape index (κ1) is 13.9. The quantitative estimate of drug-likeness (QED) is 0.912. The Hall–Kier alpha value is -1.53. The molecule has 0 aliphatic carbocycles. The third-order valence-electron chi connectivity index (χ3n) is 2.75. The van der Waals surface area contributed by atoms with Crippen LogP contribution in [0.1, 0.15) is 16.3 Å². The predicted molar refractivity (Wildman–Crippen MR) is 75.9 cm³/mol. The van der Waals surface area contributed by atoms with Crippen molar-refractivity contribution in [2.24, 2.45) is 0 Å². The maximum Gasteiger partial charge on any atom is 0.170 e. The van der Waals surface area contributed by atoms with Crippen molar-refractivity contribution in [1.29, 1.82) is 0 Å². The highest BCUT2D eigenvalue weighted by atomic mass is 32.1. The first-order valence-electron chi connectivity index (χ1n) is 6.02. The van der Waals surface area contributed by atoms with Crippen LogP contribution in [0.3, 0.4) is 0 Å². The smallest absolute Gasteiger partial charge is 0.170 e. The number of pyridine rings is 1. The Bertz CT molecular complexity index is 555. The predicted octanol–water partition coefficient (Wildman–Crippen LogP) is 2.34. The van der Waals surface area contributed by atoms with Crippen molar-refractivity contribution in [2.45, 2.75) is 20.0 Å². The fraction of sp³-hybridized carbons (Fsp3) is 0.385. The van der Waals surface area contributed by atoms with Gasteiger partial charge in [-0.15, -0.1) is 11.3 Å². The summed E-state index contributed by atoms with van der Waals surface area (Å²) in [4.78, 5) is 10.3. The number of aryl methyl sites for hydroxylation is 1. The zero-order valence-corrected chi connectivity index (χ0v) is 12.1. The first-order valence-corrected chi connectivity index (χ1v) is 6.90. The molecule has 0 aliphatic heterocycles. The summed E-state index contributed by atoms with van der Waals surface area (Å²) < 4.78 is 14.3. The molecular weight excluding hydrogens is 263 g/mol. The van der Waals surface area contributed by atoms with Crippen LogP contribution in [0, 0.1) is 12.7 Å². The van der Waals surface area contributed by atoms with Crippen LogP contribution < -0.4 is 10.2 Å². The van der Waals surface area contributed by atoms with E-state index in [0.29, 0.717) is 24.5 Å². The Morgan fingerprint density at radius 1 is 1.47 bits per heavy atom. The monoisotopic (exact) mass is 280 g/mol. The van der Waals surface area contributed by atoms with E-state index < -0.39 is 0 Å². The van der Waals surface area contributed by atoms with Gasteiger partial charge in [0.05, 0.1) is 17.2 Å². The molecule has 0 radical (unpaired) electrons. The van der Waals surface area contributed by atoms with E-state index in [1.54, 1.807) is 35.5 Å². The molecule has 2 heterocycles. The van der Waals surface area contributed by atoms with Crippen LogP contribution >= 0.6 is 11.3 Å². The molecule has 0 spiro atoms. The van der Waals surface area contributed by atoms with E-state index in [1.165, 1.54) is 0 Å². The van der Waals surface area contributed by atoms with Gasteiger partial charge in [-0.3, -0.25) is 0 Å². The van der Waals surface area contributed by atoms with Gasteiger partial charge in [-0.25, -0.2) is 14.4 Å². The summed E-state index contributed by atoms with van der Waals surface area (Å²) in [5.74, 6) is 0.0877. The summed E-state index contributed by atoms with van der Waals surface area (Å²) in [5, 5.41) is 5.95. The number of rotatable bonds is 5. The van der Waals surface area contributed by atoms with Gasteiger partial charge in [0.25, 0.3) is 0 Å². The van der Waals surface area contributed by atoms with Crippen LogP contribution in [0.5, 0.6) is 0 Å². The molecule has 0 bridgehead atoms. The molecule has 0 amide bonds. The minimum absolute atomic E-state index is 0.272. The highest BCUT2D eigenvalue weighted by Gasteiger charge is 2.14. The number of hydrogen-bond donors (Lipinski definition) is 1. The highest BCUT2D eigenvalue weighted by molar-refractivity contribution is 7.09. The van der Waals surface area contributed by atoms with E-state index in [1.807, 2.05) is 19.4 Å². The Morgan fingerprint density at radius 3 is 2.89 bits per heavy atom. The Labute approximate surface area is 116 Å². The van der Waals surface area contributed by atoms with Gasteiger partial charge >= 0.3 is 0 Å². The lowest BCUT2D eigenvalue weighted by Crippen LogP contribution is -2.20. The minimum Gasteiger partial charge on any atom is -0.351 e. The van der Waals surface area contributed by atoms with Gasteiger partial charge < -0.3 is 10.2 Å². The molecule has 0 aromatic carbocycles. The summed E-state index contributed by atoms with van der Waals surface area (Å²) in [6.07, 6.45) is 1.63. The van der Waals surface area contributed by atoms with Crippen molar-refractivity contribution in [3.05, 3.63) is 39.7 Å². The van der Waals surface area contributed by atoms with E-state index >= 15 is 0 Å². The average molecular weight is 280 g/mol. The summed E-state index contributed by atoms with van der Waals surface area (Å²) in [6.45, 7) is 3.00. The molecule has 2 aromatic rings. The molecule has 2 aromatic heterocycles. The van der Waals surface area contributed by atoms with Crippen LogP contribution in [0.4, 0.5) is 10.2 Å². The summed E-state index contributed by atoms with van der Waals surface area (Å²) in [6, 6.07) is 1.69. The van der Waals surface area contributed by atoms with Crippen molar-refractivity contribution >= 4 is 17.2 Å². The van der Waals surface area contributed by atoms with Gasteiger partial charge in [0.2, 0.25) is 0 Å². The molecule has 0 atom stereocenters. The van der Waals surface area contributed by atoms with Crippen molar-refractivity contribution in [1.82, 2.24) is 15.3 Å². The summed E-state index contributed by atoms with van der Waals surface area (Å²) >= 11 is 1.60. The van der Waals surface area contributed by atoms with Gasteiger partial charge in [-0.05, 0) is 20.0 Å². The van der Waals surface area contributed by atoms with Gasteiger partial charge in [0.15, 0.2) is 11.6 Å². The fourth-order valence-electron chi connectivity index (χ4n) is 1.86. The van der Waals surface area contributed by atoms with Crippen molar-refractivity contribution in [3.63, 3.8) is 0 Å². The molecule has 0 aliphatic rings. The molecular formula is C13H17FN4S. The minimum atomic E-state index is -0.272. The standard InChI is InChI=1S/C13H17FN4S/c1-9-17-11(8-19-9)7-18(3)13-12(14)10(6-15-2)4-5-16-13/h4-5,8,15H,6-7H2,1-3H3. The van der Waals surface area contributed by atoms with Crippen molar-refractivity contribution in [2.75, 3.05) is 19.0 Å². The van der Waals surface area contributed by atoms with Crippen LogP contribution in [0.15, 0.2) is 17.6 Å². The van der Waals surface area contributed by atoms with Crippen LogP contribution in [-0.2, 0) is 13.1 Å². The number of thiazole rings is 1. The van der Waals surface area contributed by atoms with Crippen molar-refractivity contribution < 1.29 is 4.39 Å². The lowest BCUT2D eigenvalue weighted by Gasteiger charge is -2.18. The number of nitrogens with zero attached hydrogens (tertiary/aromatic N) is 3. The largest absolute Gasteiger partial charge is 0.351 e. The van der Waals surface area contributed by atoms with E-state index in [-0.39, 0.29) is 5.82 Å². The summed E-state index contributed by atoms with van der Waals surface area (Å²) in [5.41, 5.74) is 1.55. The summed E-state index contributed by atoms with van der Waals surface area (Å²) in [7, 11) is 3.62. The zero-order chi connectivity index (χ0) is 13.8. The third kappa shape index (κ3) is 3.27. The lowest BCUT2D eigenvalue weighted by atomic mass is 10.2. The molecule has 6 heteroatoms. The molecule has 4 nitrogen and oxygen atoms in total. The van der Waals surface area contributed by atoms with Crippen LogP contribution in [-0.4, -0.2) is 24.1 Å². The third-order valence-corrected chi connectivity index (χ3v) is 3.57. The zero-order valence-electron chi connectivity index (χ0n) is 11.3. The van der Waals surface area contributed by atoms with Gasteiger partial charge in [-0.2, -0.15) is 0 Å². The second-order valence-electron chi connectivity index (χ2n) is 4.35. The number of hydrogen-bond acceptors (Lipinski definition) is 5. The molecule has 0 saturated carbocycles. The maximum absolute atomic E-state index is 14.3. The topological polar surface area (TPSA) is 41.1 Å². The van der Waals surface area contributed by atoms with E-state index in [0.717, 1.165) is 10.7 Å². The fourth-order valence-corrected chi connectivity index (χ4v) is 2.47. The highest BCUT2D eigenvalue weighted by Crippen LogP contribution is 2.20. The van der Waals surface area contributed by atoms with Gasteiger partial charge in [0, 0.05) is 30.7 Å². The van der Waals surface area contributed by atoms with E-state index in [4.69, 9.17) is 0 Å². The second kappa shape index (κ2) is 6.08. The van der Waals surface area contributed by atoms with Crippen LogP contribution in [0.25, 0.3) is 0 Å². The average Bonchev–Trinajstić information content (AvgIpc) is 2.77. The molecule has 1 N–H and O–H groups in total. The SMILES string of the molecule is CNCc1ccnc(N(C)Cc2csc(C)n2)c1F. The van der Waals surface area contributed by atoms with Crippen LogP contribution in [0.2, 0.25) is 0 Å². The Balaban J connectivity index is 2.18. The molecule has 0 unspecified atom stereocenters. The molecule has 19 heavy (non-hydrogen) atoms. The first-order chi connectivity index (χ1) is 9.11.